The first kappa shape index (κ1) is 39.2. The van der Waals surface area contributed by atoms with Gasteiger partial charge in [0.2, 0.25) is 0 Å². The second kappa shape index (κ2) is 15.6. The van der Waals surface area contributed by atoms with Gasteiger partial charge in [0.1, 0.15) is 0 Å². The van der Waals surface area contributed by atoms with Crippen LogP contribution in [0.15, 0.2) is 267 Å². The van der Waals surface area contributed by atoms with Crippen LogP contribution >= 0.6 is 0 Å². The molecular weight excluding hydrogens is 833 g/mol. The lowest BCUT2D eigenvalue weighted by atomic mass is 9.65. The molecule has 14 rings (SSSR count). The molecule has 1 aliphatic heterocycles. The van der Waals surface area contributed by atoms with Crippen molar-refractivity contribution in [3.8, 4) is 61.3 Å². The predicted molar refractivity (Wildman–Crippen MR) is 288 cm³/mol. The van der Waals surface area contributed by atoms with Gasteiger partial charge in [0.05, 0.1) is 27.8 Å². The first-order valence-corrected chi connectivity index (χ1v) is 23.9. The maximum atomic E-state index is 2.52. The second-order valence-corrected chi connectivity index (χ2v) is 18.4. The van der Waals surface area contributed by atoms with Crippen LogP contribution in [0, 0.1) is 0 Å². The molecule has 2 nitrogen and oxygen atoms in total. The summed E-state index contributed by atoms with van der Waals surface area (Å²) in [5.74, 6) is 0. The molecule has 11 aromatic carbocycles. The van der Waals surface area contributed by atoms with Crippen LogP contribution in [0.25, 0.3) is 83.1 Å². The van der Waals surface area contributed by atoms with Crippen molar-refractivity contribution in [1.82, 2.24) is 4.57 Å². The maximum Gasteiger partial charge on any atom is 0.0754 e. The number of para-hydroxylation sites is 4. The third-order valence-electron chi connectivity index (χ3n) is 14.8. The highest BCUT2D eigenvalue weighted by atomic mass is 15.1. The smallest absolute Gasteiger partial charge is 0.0754 e. The molecule has 1 spiro atoms. The molecule has 1 unspecified atom stereocenters. The molecule has 0 fully saturated rings. The molecular formula is C67H44N2. The Balaban J connectivity index is 0.958. The Kier molecular flexibility index (Phi) is 8.84. The summed E-state index contributed by atoms with van der Waals surface area (Å²) < 4.78 is 2.52. The molecule has 12 aromatic rings. The number of rotatable bonds is 7. The van der Waals surface area contributed by atoms with Crippen molar-refractivity contribution in [2.75, 3.05) is 4.90 Å². The fraction of sp³-hybridized carbons (Fsp3) is 0.0149. The van der Waals surface area contributed by atoms with Crippen LogP contribution < -0.4 is 4.90 Å². The van der Waals surface area contributed by atoms with Crippen LogP contribution in [-0.4, -0.2) is 4.57 Å². The van der Waals surface area contributed by atoms with Gasteiger partial charge in [0, 0.05) is 27.7 Å². The van der Waals surface area contributed by atoms with Gasteiger partial charge in [0.25, 0.3) is 0 Å². The van der Waals surface area contributed by atoms with Crippen molar-refractivity contribution >= 4 is 38.9 Å². The van der Waals surface area contributed by atoms with E-state index in [-0.39, 0.29) is 0 Å². The van der Waals surface area contributed by atoms with E-state index in [4.69, 9.17) is 0 Å². The summed E-state index contributed by atoms with van der Waals surface area (Å²) in [4.78, 5) is 2.46. The lowest BCUT2D eigenvalue weighted by Crippen LogP contribution is -2.33. The highest BCUT2D eigenvalue weighted by Gasteiger charge is 2.51. The molecule has 2 heterocycles. The third-order valence-corrected chi connectivity index (χ3v) is 14.8. The minimum Gasteiger partial charge on any atom is -0.310 e. The van der Waals surface area contributed by atoms with Crippen molar-refractivity contribution in [3.63, 3.8) is 0 Å². The SMILES string of the molecule is c1ccc(-c2ccc(-c3ccc(N(c4ccc5c(c4)-c4ccccc4C54c5ccccc5-n5c6ccccc6c6cccc4c65)c4ccccc4-c4ccc(-c5ccccc5)cc4)cc3)cc2)cc1. The number of nitrogens with zero attached hydrogens (tertiary/aromatic N) is 2. The van der Waals surface area contributed by atoms with Gasteiger partial charge in [-0.15, -0.1) is 0 Å². The van der Waals surface area contributed by atoms with Gasteiger partial charge in [-0.1, -0.05) is 224 Å². The lowest BCUT2D eigenvalue weighted by molar-refractivity contribution is 0.748. The van der Waals surface area contributed by atoms with E-state index < -0.39 is 5.41 Å². The number of anilines is 3. The van der Waals surface area contributed by atoms with Crippen molar-refractivity contribution in [2.24, 2.45) is 0 Å². The van der Waals surface area contributed by atoms with Crippen LogP contribution in [0.4, 0.5) is 17.1 Å². The topological polar surface area (TPSA) is 8.17 Å². The van der Waals surface area contributed by atoms with E-state index in [1.165, 1.54) is 94.3 Å². The molecule has 0 saturated carbocycles. The largest absolute Gasteiger partial charge is 0.310 e. The molecule has 1 atom stereocenters. The summed E-state index contributed by atoms with van der Waals surface area (Å²) in [7, 11) is 0. The fourth-order valence-corrected chi connectivity index (χ4v) is 11.8. The molecule has 0 saturated heterocycles. The normalized spacial score (nSPS) is 14.1. The molecule has 69 heavy (non-hydrogen) atoms. The van der Waals surface area contributed by atoms with Gasteiger partial charge in [-0.05, 0) is 115 Å². The Bertz CT molecular complexity index is 3920. The Hall–Kier alpha value is -8.98. The quantitative estimate of drug-likeness (QED) is 0.155. The standard InChI is InChI=1S/C67H44N2/c1-3-16-45(17-4-1)47-30-32-49(33-31-47)50-38-40-52(41-39-50)68(63-27-12-8-20-54(63)51-36-34-48(35-37-51)46-18-5-2-6-19-46)53-42-43-60-58(44-53)55-21-7-10-24-59(55)67(60)61-25-11-14-29-65(61)69-64-28-13-9-22-56(64)57-23-15-26-62(67)66(57)69/h1-44H. The summed E-state index contributed by atoms with van der Waals surface area (Å²) in [6.45, 7) is 0. The average Bonchev–Trinajstić information content (AvgIpc) is 3.92. The van der Waals surface area contributed by atoms with E-state index in [2.05, 4.69) is 276 Å². The van der Waals surface area contributed by atoms with E-state index in [1.807, 2.05) is 0 Å². The molecule has 322 valence electrons. The molecule has 2 aliphatic rings. The summed E-state index contributed by atoms with van der Waals surface area (Å²) in [5.41, 5.74) is 23.9. The van der Waals surface area contributed by atoms with E-state index in [0.29, 0.717) is 0 Å². The van der Waals surface area contributed by atoms with Crippen molar-refractivity contribution in [3.05, 3.63) is 289 Å². The Labute approximate surface area is 402 Å². The van der Waals surface area contributed by atoms with Crippen molar-refractivity contribution < 1.29 is 0 Å². The molecule has 0 radical (unpaired) electrons. The Morgan fingerprint density at radius 3 is 1.46 bits per heavy atom. The van der Waals surface area contributed by atoms with E-state index in [9.17, 15) is 0 Å². The fourth-order valence-electron chi connectivity index (χ4n) is 11.8. The van der Waals surface area contributed by atoms with Gasteiger partial charge < -0.3 is 9.47 Å². The molecule has 0 N–H and O–H groups in total. The first-order chi connectivity index (χ1) is 34.2. The number of hydrogen-bond acceptors (Lipinski definition) is 1. The Morgan fingerprint density at radius 2 is 0.768 bits per heavy atom. The van der Waals surface area contributed by atoms with Crippen LogP contribution in [0.2, 0.25) is 0 Å². The van der Waals surface area contributed by atoms with Crippen molar-refractivity contribution in [1.29, 1.82) is 0 Å². The predicted octanol–water partition coefficient (Wildman–Crippen LogP) is 17.6. The maximum absolute atomic E-state index is 2.52. The summed E-state index contributed by atoms with van der Waals surface area (Å²) in [6.07, 6.45) is 0. The monoisotopic (exact) mass is 876 g/mol. The van der Waals surface area contributed by atoms with Crippen LogP contribution in [0.1, 0.15) is 22.3 Å². The third kappa shape index (κ3) is 5.92. The Morgan fingerprint density at radius 1 is 0.290 bits per heavy atom. The lowest BCUT2D eigenvalue weighted by Gasteiger charge is -2.39. The van der Waals surface area contributed by atoms with Gasteiger partial charge in [-0.2, -0.15) is 0 Å². The number of aromatic nitrogens is 1. The van der Waals surface area contributed by atoms with Gasteiger partial charge in [-0.25, -0.2) is 0 Å². The van der Waals surface area contributed by atoms with Gasteiger partial charge in [0.15, 0.2) is 0 Å². The molecule has 1 aromatic heterocycles. The molecule has 2 heteroatoms. The summed E-state index contributed by atoms with van der Waals surface area (Å²) >= 11 is 0. The van der Waals surface area contributed by atoms with Crippen LogP contribution in [0.3, 0.4) is 0 Å². The van der Waals surface area contributed by atoms with Crippen molar-refractivity contribution in [2.45, 2.75) is 5.41 Å². The molecule has 1 aliphatic carbocycles. The van der Waals surface area contributed by atoms with Gasteiger partial charge in [-0.3, -0.25) is 0 Å². The number of fused-ring (bicyclic) bond motifs is 12. The zero-order valence-corrected chi connectivity index (χ0v) is 37.8. The summed E-state index contributed by atoms with van der Waals surface area (Å²) in [5, 5.41) is 2.57. The highest BCUT2D eigenvalue weighted by Crippen LogP contribution is 2.61. The zero-order chi connectivity index (χ0) is 45.5. The number of benzene rings is 11. The zero-order valence-electron chi connectivity index (χ0n) is 37.8. The average molecular weight is 877 g/mol. The van der Waals surface area contributed by atoms with Gasteiger partial charge >= 0.3 is 0 Å². The van der Waals surface area contributed by atoms with Crippen LogP contribution in [-0.2, 0) is 5.41 Å². The second-order valence-electron chi connectivity index (χ2n) is 18.4. The minimum atomic E-state index is -0.522. The van der Waals surface area contributed by atoms with E-state index in [0.717, 1.165) is 28.2 Å². The van der Waals surface area contributed by atoms with E-state index >= 15 is 0 Å². The first-order valence-electron chi connectivity index (χ1n) is 23.9. The molecule has 0 bridgehead atoms. The van der Waals surface area contributed by atoms with E-state index in [1.54, 1.807) is 0 Å². The molecule has 0 amide bonds. The minimum absolute atomic E-state index is 0.522. The number of hydrogen-bond donors (Lipinski definition) is 0. The summed E-state index contributed by atoms with van der Waals surface area (Å²) in [6, 6.07) is 98.5. The highest BCUT2D eigenvalue weighted by molar-refractivity contribution is 6.13. The van der Waals surface area contributed by atoms with Crippen LogP contribution in [0.5, 0.6) is 0 Å².